The third-order valence-electron chi connectivity index (χ3n) is 3.41. The highest BCUT2D eigenvalue weighted by Gasteiger charge is 2.42. The summed E-state index contributed by atoms with van der Waals surface area (Å²) in [7, 11) is 0. The van der Waals surface area contributed by atoms with Crippen molar-refractivity contribution in [2.75, 3.05) is 6.54 Å². The lowest BCUT2D eigenvalue weighted by Gasteiger charge is -2.25. The van der Waals surface area contributed by atoms with Gasteiger partial charge in [-0.05, 0) is 12.5 Å². The van der Waals surface area contributed by atoms with E-state index in [2.05, 4.69) is 6.58 Å². The number of Topliss-reactive ketones (excluding diaryl/α,β-unsaturated/α-hetero) is 1. The Balaban J connectivity index is 2.59. The van der Waals surface area contributed by atoms with Crippen LogP contribution in [0.15, 0.2) is 48.3 Å². The van der Waals surface area contributed by atoms with Gasteiger partial charge in [0.25, 0.3) is 11.6 Å². The zero-order chi connectivity index (χ0) is 16.4. The molecule has 0 fully saturated rings. The molecule has 0 spiro atoms. The molecule has 0 saturated carbocycles. The van der Waals surface area contributed by atoms with Gasteiger partial charge in [0, 0.05) is 18.7 Å². The van der Waals surface area contributed by atoms with E-state index >= 15 is 0 Å². The number of amides is 1. The van der Waals surface area contributed by atoms with Crippen LogP contribution >= 0.6 is 0 Å². The van der Waals surface area contributed by atoms with Gasteiger partial charge in [0.2, 0.25) is 0 Å². The number of carbonyl (C=O) groups is 2. The van der Waals surface area contributed by atoms with Crippen LogP contribution in [0.2, 0.25) is 0 Å². The number of carbonyl (C=O) groups excluding carboxylic acids is 2. The first-order valence-electron chi connectivity index (χ1n) is 6.48. The highest BCUT2D eigenvalue weighted by atomic mass is 16.6. The standard InChI is InChI=1S/C15H14N2O5/c1-3-7-16-13(12(9(2)18)14(19)15(16)20)10-5-4-6-11(8-10)17(21)22/h3-6,8,13,19H,1,7H2,2H3/t13-/m0/s1. The molecule has 0 aliphatic carbocycles. The van der Waals surface area contributed by atoms with E-state index < -0.39 is 28.4 Å². The van der Waals surface area contributed by atoms with Gasteiger partial charge >= 0.3 is 0 Å². The van der Waals surface area contributed by atoms with Gasteiger partial charge in [-0.1, -0.05) is 18.2 Å². The number of nitro groups is 1. The van der Waals surface area contributed by atoms with E-state index in [4.69, 9.17) is 0 Å². The molecule has 1 aliphatic rings. The molecule has 0 aromatic heterocycles. The van der Waals surface area contributed by atoms with Crippen LogP contribution in [0.3, 0.4) is 0 Å². The van der Waals surface area contributed by atoms with Crippen LogP contribution in [0, 0.1) is 10.1 Å². The van der Waals surface area contributed by atoms with E-state index in [9.17, 15) is 24.8 Å². The Morgan fingerprint density at radius 1 is 1.55 bits per heavy atom. The van der Waals surface area contributed by atoms with Crippen molar-refractivity contribution in [2.45, 2.75) is 13.0 Å². The molecule has 1 aromatic carbocycles. The van der Waals surface area contributed by atoms with E-state index in [0.29, 0.717) is 5.56 Å². The summed E-state index contributed by atoms with van der Waals surface area (Å²) in [5, 5.41) is 20.8. The smallest absolute Gasteiger partial charge is 0.290 e. The Hall–Kier alpha value is -2.96. The number of non-ortho nitro benzene ring substituents is 1. The fourth-order valence-corrected chi connectivity index (χ4v) is 2.50. The lowest BCUT2D eigenvalue weighted by Crippen LogP contribution is -2.31. The fourth-order valence-electron chi connectivity index (χ4n) is 2.50. The van der Waals surface area contributed by atoms with Crippen LogP contribution in [0.4, 0.5) is 5.69 Å². The number of benzene rings is 1. The largest absolute Gasteiger partial charge is 0.503 e. The summed E-state index contributed by atoms with van der Waals surface area (Å²) in [5.74, 6) is -1.78. The first kappa shape index (κ1) is 15.4. The lowest BCUT2D eigenvalue weighted by molar-refractivity contribution is -0.384. The quantitative estimate of drug-likeness (QED) is 0.509. The first-order valence-corrected chi connectivity index (χ1v) is 6.48. The van der Waals surface area contributed by atoms with Crippen molar-refractivity contribution < 1.29 is 19.6 Å². The van der Waals surface area contributed by atoms with Gasteiger partial charge in [-0.3, -0.25) is 19.7 Å². The summed E-state index contributed by atoms with van der Waals surface area (Å²) in [6.07, 6.45) is 1.46. The third kappa shape index (κ3) is 2.48. The number of ketones is 1. The Kier molecular flexibility index (Phi) is 4.07. The Morgan fingerprint density at radius 2 is 2.23 bits per heavy atom. The molecule has 22 heavy (non-hydrogen) atoms. The SMILES string of the molecule is C=CCN1C(=O)C(O)=C(C(C)=O)[C@@H]1c1cccc([N+](=O)[O-])c1. The molecular formula is C15H14N2O5. The van der Waals surface area contributed by atoms with Gasteiger partial charge in [0.15, 0.2) is 11.5 Å². The van der Waals surface area contributed by atoms with E-state index in [1.54, 1.807) is 6.07 Å². The predicted octanol–water partition coefficient (Wildman–Crippen LogP) is 2.07. The zero-order valence-corrected chi connectivity index (χ0v) is 11.9. The Morgan fingerprint density at radius 3 is 2.77 bits per heavy atom. The van der Waals surface area contributed by atoms with Crippen LogP contribution in [0.1, 0.15) is 18.5 Å². The van der Waals surface area contributed by atoms with Gasteiger partial charge < -0.3 is 10.0 Å². The second kappa shape index (κ2) is 5.80. The average Bonchev–Trinajstić information content (AvgIpc) is 2.72. The molecule has 0 radical (unpaired) electrons. The van der Waals surface area contributed by atoms with Crippen LogP contribution in [-0.4, -0.2) is 33.2 Å². The number of aliphatic hydroxyl groups is 1. The van der Waals surface area contributed by atoms with Crippen LogP contribution in [-0.2, 0) is 9.59 Å². The van der Waals surface area contributed by atoms with Crippen molar-refractivity contribution in [1.82, 2.24) is 4.90 Å². The summed E-state index contributed by atoms with van der Waals surface area (Å²) < 4.78 is 0. The molecule has 1 heterocycles. The number of hydrogen-bond acceptors (Lipinski definition) is 5. The predicted molar refractivity (Wildman–Crippen MR) is 78.1 cm³/mol. The lowest BCUT2D eigenvalue weighted by atomic mass is 9.96. The number of aliphatic hydroxyl groups excluding tert-OH is 1. The van der Waals surface area contributed by atoms with Crippen molar-refractivity contribution in [3.8, 4) is 0 Å². The maximum absolute atomic E-state index is 12.1. The molecule has 7 heteroatoms. The molecule has 1 aliphatic heterocycles. The zero-order valence-electron chi connectivity index (χ0n) is 11.9. The van der Waals surface area contributed by atoms with Gasteiger partial charge in [-0.2, -0.15) is 0 Å². The molecule has 0 unspecified atom stereocenters. The minimum Gasteiger partial charge on any atom is -0.503 e. The number of rotatable bonds is 5. The topological polar surface area (TPSA) is 101 Å². The number of hydrogen-bond donors (Lipinski definition) is 1. The van der Waals surface area contributed by atoms with Gasteiger partial charge in [-0.15, -0.1) is 6.58 Å². The van der Waals surface area contributed by atoms with Crippen molar-refractivity contribution in [2.24, 2.45) is 0 Å². The highest BCUT2D eigenvalue weighted by Crippen LogP contribution is 2.38. The normalized spacial score (nSPS) is 17.8. The van der Waals surface area contributed by atoms with E-state index in [0.717, 1.165) is 0 Å². The molecule has 1 amide bonds. The monoisotopic (exact) mass is 302 g/mol. The summed E-state index contributed by atoms with van der Waals surface area (Å²) in [6, 6.07) is 4.78. The second-order valence-corrected chi connectivity index (χ2v) is 4.82. The molecule has 0 saturated heterocycles. The minimum absolute atomic E-state index is 0.0626. The van der Waals surface area contributed by atoms with E-state index in [-0.39, 0.29) is 17.8 Å². The van der Waals surface area contributed by atoms with Crippen LogP contribution in [0.25, 0.3) is 0 Å². The Bertz CT molecular complexity index is 708. The van der Waals surface area contributed by atoms with Crippen molar-refractivity contribution in [1.29, 1.82) is 0 Å². The molecule has 1 N–H and O–H groups in total. The molecule has 1 aromatic rings. The van der Waals surface area contributed by atoms with Gasteiger partial charge in [0.05, 0.1) is 16.5 Å². The highest BCUT2D eigenvalue weighted by molar-refractivity contribution is 6.08. The van der Waals surface area contributed by atoms with Crippen molar-refractivity contribution >= 4 is 17.4 Å². The molecule has 7 nitrogen and oxygen atoms in total. The van der Waals surface area contributed by atoms with Gasteiger partial charge in [-0.25, -0.2) is 0 Å². The summed E-state index contributed by atoms with van der Waals surface area (Å²) in [5.41, 5.74) is 0.170. The molecule has 0 bridgehead atoms. The summed E-state index contributed by atoms with van der Waals surface area (Å²) in [6.45, 7) is 4.88. The van der Waals surface area contributed by atoms with E-state index in [1.807, 2.05) is 0 Å². The van der Waals surface area contributed by atoms with Crippen molar-refractivity contribution in [3.63, 3.8) is 0 Å². The number of nitro benzene ring substituents is 1. The van der Waals surface area contributed by atoms with E-state index in [1.165, 1.54) is 36.1 Å². The summed E-state index contributed by atoms with van der Waals surface area (Å²) in [4.78, 5) is 35.5. The van der Waals surface area contributed by atoms with Crippen LogP contribution < -0.4 is 0 Å². The molecular weight excluding hydrogens is 288 g/mol. The van der Waals surface area contributed by atoms with Crippen LogP contribution in [0.5, 0.6) is 0 Å². The Labute approximate surface area is 126 Å². The van der Waals surface area contributed by atoms with Crippen molar-refractivity contribution in [3.05, 3.63) is 63.9 Å². The molecule has 114 valence electrons. The van der Waals surface area contributed by atoms with Gasteiger partial charge in [0.1, 0.15) is 0 Å². The molecule has 2 rings (SSSR count). The average molecular weight is 302 g/mol. The maximum Gasteiger partial charge on any atom is 0.290 e. The maximum atomic E-state index is 12.1. The number of nitrogens with zero attached hydrogens (tertiary/aromatic N) is 2. The first-order chi connectivity index (χ1) is 10.4. The second-order valence-electron chi connectivity index (χ2n) is 4.82. The summed E-state index contributed by atoms with van der Waals surface area (Å²) >= 11 is 0. The third-order valence-corrected chi connectivity index (χ3v) is 3.41. The fraction of sp³-hybridized carbons (Fsp3) is 0.200. The molecule has 1 atom stereocenters. The minimum atomic E-state index is -0.858.